The molecule has 0 saturated carbocycles. The Bertz CT molecular complexity index is 600. The van der Waals surface area contributed by atoms with Gasteiger partial charge in [-0.3, -0.25) is 9.13 Å². The molecule has 0 amide bonds. The lowest BCUT2D eigenvalue weighted by atomic mass is 10.2. The van der Waals surface area contributed by atoms with Crippen LogP contribution in [0.1, 0.15) is 17.8 Å². The van der Waals surface area contributed by atoms with Crippen LogP contribution in [-0.4, -0.2) is 45.5 Å². The van der Waals surface area contributed by atoms with Crippen molar-refractivity contribution in [1.29, 1.82) is 0 Å². The van der Waals surface area contributed by atoms with E-state index in [2.05, 4.69) is 51.7 Å². The highest BCUT2D eigenvalue weighted by Gasteiger charge is 2.45. The van der Waals surface area contributed by atoms with Crippen molar-refractivity contribution >= 4 is 0 Å². The second kappa shape index (κ2) is 2.71. The summed E-state index contributed by atoms with van der Waals surface area (Å²) in [5.41, 5.74) is 0. The van der Waals surface area contributed by atoms with E-state index in [9.17, 15) is 0 Å². The molecule has 2 aromatic rings. The van der Waals surface area contributed by atoms with Crippen molar-refractivity contribution in [3.8, 4) is 0 Å². The molecule has 5 heterocycles. The van der Waals surface area contributed by atoms with Crippen LogP contribution < -0.4 is 0 Å². The molecule has 0 radical (unpaired) electrons. The molecule has 8 heteroatoms. The van der Waals surface area contributed by atoms with E-state index in [1.807, 2.05) is 0 Å². The minimum absolute atomic E-state index is 0.109. The van der Waals surface area contributed by atoms with E-state index in [4.69, 9.17) is 0 Å². The molecule has 0 spiro atoms. The summed E-state index contributed by atoms with van der Waals surface area (Å²) < 4.78 is 4.24. The largest absolute Gasteiger partial charge is 0.345 e. The number of hydrogen-bond acceptors (Lipinski definition) is 6. The lowest BCUT2D eigenvalue weighted by molar-refractivity contribution is 0.0231. The van der Waals surface area contributed by atoms with Crippen molar-refractivity contribution in [2.45, 2.75) is 25.4 Å². The molecule has 3 aliphatic rings. The maximum atomic E-state index is 4.19. The SMILES string of the molecule is C1=CN2Cc3nncn3C3C2N1Cc1nncn13. The van der Waals surface area contributed by atoms with Gasteiger partial charge in [0.05, 0.1) is 13.1 Å². The second-order valence-electron chi connectivity index (χ2n) is 4.78. The summed E-state index contributed by atoms with van der Waals surface area (Å²) >= 11 is 0. The molecular weight excluding hydrogens is 232 g/mol. The molecule has 90 valence electrons. The maximum absolute atomic E-state index is 4.19. The normalized spacial score (nSPS) is 27.1. The predicted octanol–water partition coefficient (Wildman–Crippen LogP) is -0.641. The first-order chi connectivity index (χ1) is 8.92. The number of fused-ring (bicyclic) bond motifs is 4. The molecule has 5 rings (SSSR count). The van der Waals surface area contributed by atoms with Crippen molar-refractivity contribution in [2.75, 3.05) is 0 Å². The van der Waals surface area contributed by atoms with E-state index < -0.39 is 0 Å². The quantitative estimate of drug-likeness (QED) is 0.612. The summed E-state index contributed by atoms with van der Waals surface area (Å²) in [4.78, 5) is 4.58. The van der Waals surface area contributed by atoms with Gasteiger partial charge in [0.25, 0.3) is 0 Å². The van der Waals surface area contributed by atoms with Gasteiger partial charge in [-0.15, -0.1) is 20.4 Å². The lowest BCUT2D eigenvalue weighted by Crippen LogP contribution is -2.54. The summed E-state index contributed by atoms with van der Waals surface area (Å²) in [6, 6.07) is 0. The highest BCUT2D eigenvalue weighted by molar-refractivity contribution is 5.14. The summed E-state index contributed by atoms with van der Waals surface area (Å²) in [6.45, 7) is 1.59. The summed E-state index contributed by atoms with van der Waals surface area (Å²) in [6.07, 6.45) is 8.21. The fourth-order valence-electron chi connectivity index (χ4n) is 3.12. The smallest absolute Gasteiger partial charge is 0.154 e. The Morgan fingerprint density at radius 1 is 0.833 bits per heavy atom. The molecule has 3 aliphatic heterocycles. The molecule has 0 atom stereocenters. The Morgan fingerprint density at radius 3 is 1.94 bits per heavy atom. The first-order valence-electron chi connectivity index (χ1n) is 5.88. The topological polar surface area (TPSA) is 67.9 Å². The van der Waals surface area contributed by atoms with Crippen LogP contribution in [0.15, 0.2) is 25.1 Å². The molecule has 0 aromatic carbocycles. The highest BCUT2D eigenvalue weighted by Crippen LogP contribution is 2.37. The van der Waals surface area contributed by atoms with E-state index >= 15 is 0 Å². The van der Waals surface area contributed by atoms with Gasteiger partial charge in [-0.2, -0.15) is 0 Å². The average molecular weight is 242 g/mol. The van der Waals surface area contributed by atoms with Gasteiger partial charge in [-0.05, 0) is 0 Å². The Hall–Kier alpha value is -2.38. The van der Waals surface area contributed by atoms with Crippen LogP contribution in [0.5, 0.6) is 0 Å². The van der Waals surface area contributed by atoms with Crippen LogP contribution >= 0.6 is 0 Å². The standard InChI is InChI=1S/C10H10N8/c1-2-16-4-8-14-12-6-18(8)10-9(16)15(1)3-7-13-11-5-17(7)10/h1-2,5-6,9-10H,3-4H2. The number of aromatic nitrogens is 6. The Balaban J connectivity index is 1.79. The third kappa shape index (κ3) is 0.847. The molecule has 0 N–H and O–H groups in total. The van der Waals surface area contributed by atoms with Crippen LogP contribution in [0.25, 0.3) is 0 Å². The van der Waals surface area contributed by atoms with Crippen molar-refractivity contribution in [1.82, 2.24) is 39.3 Å². The third-order valence-electron chi connectivity index (χ3n) is 3.91. The van der Waals surface area contributed by atoms with Gasteiger partial charge in [0.1, 0.15) is 18.8 Å². The predicted molar refractivity (Wildman–Crippen MR) is 58.5 cm³/mol. The average Bonchev–Trinajstić information content (AvgIpc) is 3.08. The fraction of sp³-hybridized carbons (Fsp3) is 0.400. The Labute approximate surface area is 102 Å². The van der Waals surface area contributed by atoms with Gasteiger partial charge in [-0.1, -0.05) is 0 Å². The minimum atomic E-state index is 0.109. The van der Waals surface area contributed by atoms with Gasteiger partial charge in [-0.25, -0.2) is 0 Å². The molecule has 0 fully saturated rings. The van der Waals surface area contributed by atoms with Crippen LogP contribution in [-0.2, 0) is 13.1 Å². The third-order valence-corrected chi connectivity index (χ3v) is 3.91. The van der Waals surface area contributed by atoms with Gasteiger partial charge in [0, 0.05) is 12.4 Å². The first kappa shape index (κ1) is 8.67. The van der Waals surface area contributed by atoms with Crippen molar-refractivity contribution in [3.63, 3.8) is 0 Å². The Morgan fingerprint density at radius 2 is 1.39 bits per heavy atom. The van der Waals surface area contributed by atoms with E-state index in [-0.39, 0.29) is 12.3 Å². The van der Waals surface area contributed by atoms with Crippen molar-refractivity contribution in [3.05, 3.63) is 36.7 Å². The zero-order valence-corrected chi connectivity index (χ0v) is 9.46. The zero-order chi connectivity index (χ0) is 11.7. The van der Waals surface area contributed by atoms with Crippen LogP contribution in [0, 0.1) is 0 Å². The van der Waals surface area contributed by atoms with E-state index in [0.717, 1.165) is 24.7 Å². The number of rotatable bonds is 0. The molecule has 0 aliphatic carbocycles. The van der Waals surface area contributed by atoms with Crippen LogP contribution in [0.2, 0.25) is 0 Å². The van der Waals surface area contributed by atoms with Crippen molar-refractivity contribution in [2.24, 2.45) is 0 Å². The molecule has 0 saturated heterocycles. The Kier molecular flexibility index (Phi) is 1.31. The second-order valence-corrected chi connectivity index (χ2v) is 4.78. The van der Waals surface area contributed by atoms with Gasteiger partial charge in [0.2, 0.25) is 0 Å². The molecule has 8 nitrogen and oxygen atoms in total. The van der Waals surface area contributed by atoms with E-state index in [1.165, 1.54) is 0 Å². The van der Waals surface area contributed by atoms with Crippen LogP contribution in [0.4, 0.5) is 0 Å². The van der Waals surface area contributed by atoms with Crippen LogP contribution in [0.3, 0.4) is 0 Å². The number of hydrogen-bond donors (Lipinski definition) is 0. The minimum Gasteiger partial charge on any atom is -0.345 e. The zero-order valence-electron chi connectivity index (χ0n) is 9.46. The van der Waals surface area contributed by atoms with Gasteiger partial charge < -0.3 is 9.80 Å². The highest BCUT2D eigenvalue weighted by atomic mass is 15.5. The summed E-state index contributed by atoms with van der Waals surface area (Å²) in [5, 5.41) is 16.4. The number of nitrogens with zero attached hydrogens (tertiary/aromatic N) is 8. The molecular formula is C10H10N8. The van der Waals surface area contributed by atoms with Gasteiger partial charge in [0.15, 0.2) is 17.8 Å². The monoisotopic (exact) mass is 242 g/mol. The van der Waals surface area contributed by atoms with E-state index in [1.54, 1.807) is 12.7 Å². The molecule has 0 unspecified atom stereocenters. The van der Waals surface area contributed by atoms with E-state index in [0.29, 0.717) is 0 Å². The molecule has 2 aromatic heterocycles. The molecule has 0 bridgehead atoms. The maximum Gasteiger partial charge on any atom is 0.154 e. The van der Waals surface area contributed by atoms with Crippen molar-refractivity contribution < 1.29 is 0 Å². The fourth-order valence-corrected chi connectivity index (χ4v) is 3.12. The van der Waals surface area contributed by atoms with Gasteiger partial charge >= 0.3 is 0 Å². The first-order valence-corrected chi connectivity index (χ1v) is 5.88. The summed E-state index contributed by atoms with van der Waals surface area (Å²) in [7, 11) is 0. The summed E-state index contributed by atoms with van der Waals surface area (Å²) in [5.74, 6) is 1.95. The lowest BCUT2D eigenvalue weighted by Gasteiger charge is -2.45. The molecule has 18 heavy (non-hydrogen) atoms.